The summed E-state index contributed by atoms with van der Waals surface area (Å²) in [6, 6.07) is 5.45. The van der Waals surface area contributed by atoms with Crippen molar-refractivity contribution in [2.24, 2.45) is 0 Å². The third kappa shape index (κ3) is 4.76. The molecule has 2 heterocycles. The first-order valence-corrected chi connectivity index (χ1v) is 9.92. The third-order valence-corrected chi connectivity index (χ3v) is 5.26. The lowest BCUT2D eigenvalue weighted by atomic mass is 10.1. The van der Waals surface area contributed by atoms with Gasteiger partial charge < -0.3 is 14.6 Å². The largest absolute Gasteiger partial charge is 0.456 e. The summed E-state index contributed by atoms with van der Waals surface area (Å²) in [6.45, 7) is 4.88. The maximum atomic E-state index is 13.1. The predicted molar refractivity (Wildman–Crippen MR) is 110 cm³/mol. The maximum Gasteiger partial charge on any atom is 0.416 e. The van der Waals surface area contributed by atoms with Crippen LogP contribution in [0.2, 0.25) is 0 Å². The number of aryl methyl sites for hydroxylation is 1. The fourth-order valence-corrected chi connectivity index (χ4v) is 3.62. The first-order chi connectivity index (χ1) is 15.2. The van der Waals surface area contributed by atoms with Crippen molar-refractivity contribution >= 4 is 23.7 Å². The van der Waals surface area contributed by atoms with Crippen LogP contribution in [0, 0.1) is 13.8 Å². The molecule has 2 aromatic rings. The second-order valence-corrected chi connectivity index (χ2v) is 8.20. The van der Waals surface area contributed by atoms with Crippen LogP contribution >= 0.6 is 0 Å². The van der Waals surface area contributed by atoms with Crippen LogP contribution < -0.4 is 5.32 Å². The van der Waals surface area contributed by atoms with E-state index in [9.17, 15) is 32.3 Å². The quantitative estimate of drug-likeness (QED) is 0.402. The number of esters is 1. The molecule has 0 bridgehead atoms. The van der Waals surface area contributed by atoms with Gasteiger partial charge in [-0.15, -0.1) is 0 Å². The molecule has 0 aliphatic carbocycles. The Hall–Kier alpha value is -3.63. The number of hydrogen-bond acceptors (Lipinski definition) is 5. The third-order valence-electron chi connectivity index (χ3n) is 5.26. The number of urea groups is 1. The predicted octanol–water partition coefficient (Wildman–Crippen LogP) is 3.17. The standard InChI is InChI=1S/C22H22F3N3O5/c1-12-8-16(13(2)28(12)15-7-5-6-14(9-15)22(23,24)25)17(29)11-33-18(30)10-27-19(31)21(3,4)26-20(27)32/h5-9H,10-11H2,1-4H3,(H,26,32). The van der Waals surface area contributed by atoms with Crippen LogP contribution in [-0.2, 0) is 20.5 Å². The number of aromatic nitrogens is 1. The van der Waals surface area contributed by atoms with Gasteiger partial charge in [0.15, 0.2) is 6.61 Å². The summed E-state index contributed by atoms with van der Waals surface area (Å²) in [6.07, 6.45) is -4.51. The van der Waals surface area contributed by atoms with Crippen LogP contribution in [0.5, 0.6) is 0 Å². The lowest BCUT2D eigenvalue weighted by Gasteiger charge is -2.15. The van der Waals surface area contributed by atoms with E-state index >= 15 is 0 Å². The Bertz CT molecular complexity index is 1150. The van der Waals surface area contributed by atoms with Crippen molar-refractivity contribution < 1.29 is 37.1 Å². The van der Waals surface area contributed by atoms with Gasteiger partial charge in [-0.3, -0.25) is 19.3 Å². The number of nitrogens with zero attached hydrogens (tertiary/aromatic N) is 2. The fourth-order valence-electron chi connectivity index (χ4n) is 3.62. The number of ketones is 1. The van der Waals surface area contributed by atoms with Crippen molar-refractivity contribution in [1.29, 1.82) is 0 Å². The summed E-state index contributed by atoms with van der Waals surface area (Å²) in [5.41, 5.74) is -0.663. The normalized spacial score (nSPS) is 15.5. The van der Waals surface area contributed by atoms with Gasteiger partial charge in [0, 0.05) is 22.6 Å². The number of amides is 3. The van der Waals surface area contributed by atoms with Gasteiger partial charge in [-0.05, 0) is 52.0 Å². The molecule has 1 aliphatic heterocycles. The number of halogens is 3. The molecular formula is C22H22F3N3O5. The zero-order valence-corrected chi connectivity index (χ0v) is 18.4. The molecular weight excluding hydrogens is 443 g/mol. The van der Waals surface area contributed by atoms with Gasteiger partial charge >= 0.3 is 18.2 Å². The van der Waals surface area contributed by atoms with Crippen molar-refractivity contribution in [3.05, 3.63) is 52.8 Å². The van der Waals surface area contributed by atoms with Gasteiger partial charge in [-0.1, -0.05) is 6.07 Å². The van der Waals surface area contributed by atoms with Gasteiger partial charge in [0.25, 0.3) is 5.91 Å². The van der Waals surface area contributed by atoms with E-state index in [2.05, 4.69) is 5.32 Å². The summed E-state index contributed by atoms with van der Waals surface area (Å²) in [5.74, 6) is -2.12. The van der Waals surface area contributed by atoms with Crippen molar-refractivity contribution in [3.8, 4) is 5.69 Å². The molecule has 8 nitrogen and oxygen atoms in total. The van der Waals surface area contributed by atoms with Gasteiger partial charge in [0.05, 0.1) is 5.56 Å². The Balaban J connectivity index is 1.71. The average Bonchev–Trinajstić information content (AvgIpc) is 3.12. The number of alkyl halides is 3. The Labute approximate surface area is 187 Å². The number of ether oxygens (including phenoxy) is 1. The van der Waals surface area contributed by atoms with Crippen molar-refractivity contribution in [1.82, 2.24) is 14.8 Å². The highest BCUT2D eigenvalue weighted by Gasteiger charge is 2.45. The van der Waals surface area contributed by atoms with Crippen LogP contribution in [0.3, 0.4) is 0 Å². The fraction of sp³-hybridized carbons (Fsp3) is 0.364. The Morgan fingerprint density at radius 3 is 2.36 bits per heavy atom. The highest BCUT2D eigenvalue weighted by Crippen LogP contribution is 2.31. The Morgan fingerprint density at radius 1 is 1.12 bits per heavy atom. The number of carbonyl (C=O) groups is 4. The molecule has 1 aromatic heterocycles. The zero-order chi connectivity index (χ0) is 24.7. The van der Waals surface area contributed by atoms with Crippen LogP contribution in [-0.4, -0.2) is 51.8 Å². The van der Waals surface area contributed by atoms with Gasteiger partial charge in [0.2, 0.25) is 5.78 Å². The first-order valence-electron chi connectivity index (χ1n) is 9.92. The molecule has 1 fully saturated rings. The molecule has 11 heteroatoms. The Kier molecular flexibility index (Phi) is 6.10. The van der Waals surface area contributed by atoms with Crippen molar-refractivity contribution in [3.63, 3.8) is 0 Å². The molecule has 176 valence electrons. The number of hydrogen-bond donors (Lipinski definition) is 1. The van der Waals surface area contributed by atoms with Gasteiger partial charge in [-0.25, -0.2) is 4.79 Å². The van der Waals surface area contributed by atoms with Crippen LogP contribution in [0.1, 0.15) is 41.2 Å². The molecule has 0 saturated carbocycles. The minimum absolute atomic E-state index is 0.175. The van der Waals surface area contributed by atoms with E-state index < -0.39 is 54.1 Å². The molecule has 0 atom stereocenters. The lowest BCUT2D eigenvalue weighted by Crippen LogP contribution is -2.41. The first kappa shape index (κ1) is 24.0. The van der Waals surface area contributed by atoms with Crippen molar-refractivity contribution in [2.45, 2.75) is 39.4 Å². The lowest BCUT2D eigenvalue weighted by molar-refractivity contribution is -0.146. The molecule has 3 amide bonds. The molecule has 33 heavy (non-hydrogen) atoms. The number of carbonyl (C=O) groups excluding carboxylic acids is 4. The molecule has 1 aromatic carbocycles. The Morgan fingerprint density at radius 2 is 1.79 bits per heavy atom. The second-order valence-electron chi connectivity index (χ2n) is 8.20. The molecule has 3 rings (SSSR count). The van der Waals surface area contributed by atoms with Crippen molar-refractivity contribution in [2.75, 3.05) is 13.2 Å². The molecule has 1 N–H and O–H groups in total. The number of benzene rings is 1. The van der Waals surface area contributed by atoms with E-state index in [-0.39, 0.29) is 11.3 Å². The highest BCUT2D eigenvalue weighted by molar-refractivity contribution is 6.08. The minimum atomic E-state index is -4.51. The van der Waals surface area contributed by atoms with Gasteiger partial charge in [0.1, 0.15) is 12.1 Å². The SMILES string of the molecule is Cc1cc(C(=O)COC(=O)CN2C(=O)NC(C)(C)C2=O)c(C)n1-c1cccc(C(F)(F)F)c1. The van der Waals surface area contributed by atoms with Crippen LogP contribution in [0.25, 0.3) is 5.69 Å². The zero-order valence-electron chi connectivity index (χ0n) is 18.4. The van der Waals surface area contributed by atoms with E-state index in [4.69, 9.17) is 4.74 Å². The number of nitrogens with one attached hydrogen (secondary N) is 1. The molecule has 1 aliphatic rings. The molecule has 0 radical (unpaired) electrons. The monoisotopic (exact) mass is 465 g/mol. The van der Waals surface area contributed by atoms with E-state index in [0.717, 1.165) is 12.1 Å². The molecule has 0 unspecified atom stereocenters. The number of Topliss-reactive ketones (excluding diaryl/α,β-unsaturated/α-hetero) is 1. The summed E-state index contributed by atoms with van der Waals surface area (Å²) in [4.78, 5) is 49.4. The summed E-state index contributed by atoms with van der Waals surface area (Å²) in [7, 11) is 0. The van der Waals surface area contributed by atoms with Crippen LogP contribution in [0.4, 0.5) is 18.0 Å². The molecule has 1 saturated heterocycles. The van der Waals surface area contributed by atoms with Crippen LogP contribution in [0.15, 0.2) is 30.3 Å². The number of rotatable bonds is 6. The summed E-state index contributed by atoms with van der Waals surface area (Å²) < 4.78 is 45.6. The van der Waals surface area contributed by atoms with E-state index in [1.165, 1.54) is 36.6 Å². The summed E-state index contributed by atoms with van der Waals surface area (Å²) >= 11 is 0. The summed E-state index contributed by atoms with van der Waals surface area (Å²) in [5, 5.41) is 2.42. The van der Waals surface area contributed by atoms with E-state index in [1.807, 2.05) is 0 Å². The van der Waals surface area contributed by atoms with E-state index in [0.29, 0.717) is 16.3 Å². The second kappa shape index (κ2) is 8.38. The van der Waals surface area contributed by atoms with E-state index in [1.54, 1.807) is 13.8 Å². The average molecular weight is 465 g/mol. The topological polar surface area (TPSA) is 97.7 Å². The molecule has 0 spiro atoms. The number of imide groups is 1. The smallest absolute Gasteiger partial charge is 0.416 e. The minimum Gasteiger partial charge on any atom is -0.456 e. The maximum absolute atomic E-state index is 13.1. The van der Waals surface area contributed by atoms with Gasteiger partial charge in [-0.2, -0.15) is 13.2 Å². The highest BCUT2D eigenvalue weighted by atomic mass is 19.4.